The van der Waals surface area contributed by atoms with Crippen molar-refractivity contribution in [3.8, 4) is 0 Å². The molecule has 0 saturated carbocycles. The van der Waals surface area contributed by atoms with Crippen LogP contribution in [-0.4, -0.2) is 78.1 Å². The number of nitrogens with one attached hydrogen (secondary N) is 2. The van der Waals surface area contributed by atoms with Gasteiger partial charge in [-0.25, -0.2) is 13.1 Å². The zero-order chi connectivity index (χ0) is 21.0. The van der Waals surface area contributed by atoms with E-state index in [4.69, 9.17) is 9.47 Å². The van der Waals surface area contributed by atoms with Crippen molar-refractivity contribution in [1.29, 1.82) is 0 Å². The lowest BCUT2D eigenvalue weighted by atomic mass is 10.1. The van der Waals surface area contributed by atoms with Gasteiger partial charge in [0.05, 0.1) is 11.9 Å². The van der Waals surface area contributed by atoms with E-state index in [9.17, 15) is 8.42 Å². The van der Waals surface area contributed by atoms with E-state index in [0.29, 0.717) is 13.1 Å². The number of hydrogen-bond acceptors (Lipinski definition) is 5. The first-order chi connectivity index (χ1) is 14.0. The number of aliphatic imine (C=N–C) groups is 1. The van der Waals surface area contributed by atoms with E-state index in [-0.39, 0.29) is 11.9 Å². The molecule has 1 aliphatic rings. The standard InChI is InChI=1S/C20H34N4O4S/c1-21-20(24-12-9-19(10-13-24)28-15-6-14-27-2)22-11-16-29(25,26)23-17-18-7-4-3-5-8-18/h3-5,7-8,19,23H,6,9-17H2,1-2H3,(H,21,22). The number of guanidine groups is 1. The van der Waals surface area contributed by atoms with Crippen LogP contribution in [0.3, 0.4) is 0 Å². The van der Waals surface area contributed by atoms with Gasteiger partial charge in [0.1, 0.15) is 0 Å². The number of methoxy groups -OCH3 is 1. The fourth-order valence-electron chi connectivity index (χ4n) is 3.18. The highest BCUT2D eigenvalue weighted by molar-refractivity contribution is 7.89. The number of sulfonamides is 1. The maximum atomic E-state index is 12.2. The summed E-state index contributed by atoms with van der Waals surface area (Å²) in [4.78, 5) is 6.45. The lowest BCUT2D eigenvalue weighted by Gasteiger charge is -2.34. The van der Waals surface area contributed by atoms with Gasteiger partial charge in [-0.05, 0) is 24.8 Å². The molecule has 0 spiro atoms. The lowest BCUT2D eigenvalue weighted by Crippen LogP contribution is -2.48. The number of rotatable bonds is 11. The number of hydrogen-bond donors (Lipinski definition) is 2. The molecular formula is C20H34N4O4S. The Morgan fingerprint density at radius 2 is 1.93 bits per heavy atom. The lowest BCUT2D eigenvalue weighted by molar-refractivity contribution is 0.00993. The molecule has 9 heteroatoms. The van der Waals surface area contributed by atoms with Gasteiger partial charge in [0, 0.05) is 53.6 Å². The van der Waals surface area contributed by atoms with Crippen LogP contribution < -0.4 is 10.0 Å². The minimum Gasteiger partial charge on any atom is -0.385 e. The van der Waals surface area contributed by atoms with Gasteiger partial charge in [-0.15, -0.1) is 0 Å². The number of nitrogens with zero attached hydrogens (tertiary/aromatic N) is 2. The highest BCUT2D eigenvalue weighted by Gasteiger charge is 2.22. The summed E-state index contributed by atoms with van der Waals surface area (Å²) in [5, 5.41) is 3.17. The minimum absolute atomic E-state index is 0.00205. The molecule has 0 aliphatic carbocycles. The van der Waals surface area contributed by atoms with Crippen LogP contribution in [0, 0.1) is 0 Å². The number of piperidine rings is 1. The monoisotopic (exact) mass is 426 g/mol. The topological polar surface area (TPSA) is 92.3 Å². The Hall–Kier alpha value is -1.68. The van der Waals surface area contributed by atoms with Crippen molar-refractivity contribution in [3.05, 3.63) is 35.9 Å². The van der Waals surface area contributed by atoms with Crippen LogP contribution in [0.5, 0.6) is 0 Å². The molecule has 29 heavy (non-hydrogen) atoms. The van der Waals surface area contributed by atoms with Crippen LogP contribution in [-0.2, 0) is 26.0 Å². The summed E-state index contributed by atoms with van der Waals surface area (Å²) in [6.07, 6.45) is 3.05. The molecule has 1 fully saturated rings. The molecule has 164 valence electrons. The summed E-state index contributed by atoms with van der Waals surface area (Å²) in [6.45, 7) is 3.74. The number of ether oxygens (including phenoxy) is 2. The second-order valence-electron chi connectivity index (χ2n) is 7.00. The average Bonchev–Trinajstić information content (AvgIpc) is 2.74. The molecular weight excluding hydrogens is 392 g/mol. The summed E-state index contributed by atoms with van der Waals surface area (Å²) in [6, 6.07) is 9.48. The minimum atomic E-state index is -3.35. The average molecular weight is 427 g/mol. The van der Waals surface area contributed by atoms with Gasteiger partial charge >= 0.3 is 0 Å². The molecule has 8 nitrogen and oxygen atoms in total. The molecule has 0 bridgehead atoms. The molecule has 1 aromatic carbocycles. The van der Waals surface area contributed by atoms with Crippen molar-refractivity contribution >= 4 is 16.0 Å². The fraction of sp³-hybridized carbons (Fsp3) is 0.650. The zero-order valence-electron chi connectivity index (χ0n) is 17.5. The second kappa shape index (κ2) is 12.8. The maximum Gasteiger partial charge on any atom is 0.213 e. The van der Waals surface area contributed by atoms with E-state index >= 15 is 0 Å². The van der Waals surface area contributed by atoms with Crippen molar-refractivity contribution < 1.29 is 17.9 Å². The van der Waals surface area contributed by atoms with Crippen molar-refractivity contribution in [2.24, 2.45) is 4.99 Å². The summed E-state index contributed by atoms with van der Waals surface area (Å²) < 4.78 is 38.0. The van der Waals surface area contributed by atoms with Crippen LogP contribution >= 0.6 is 0 Å². The number of benzene rings is 1. The smallest absolute Gasteiger partial charge is 0.213 e. The Morgan fingerprint density at radius 1 is 1.21 bits per heavy atom. The van der Waals surface area contributed by atoms with Crippen molar-refractivity contribution in [3.63, 3.8) is 0 Å². The van der Waals surface area contributed by atoms with Gasteiger partial charge < -0.3 is 19.7 Å². The third-order valence-corrected chi connectivity index (χ3v) is 6.12. The summed E-state index contributed by atoms with van der Waals surface area (Å²) in [5.41, 5.74) is 0.937. The largest absolute Gasteiger partial charge is 0.385 e. The molecule has 1 saturated heterocycles. The van der Waals surface area contributed by atoms with E-state index in [1.54, 1.807) is 14.2 Å². The first-order valence-corrected chi connectivity index (χ1v) is 11.8. The number of likely N-dealkylation sites (tertiary alicyclic amines) is 1. The molecule has 0 atom stereocenters. The SMILES string of the molecule is CN=C(NCCS(=O)(=O)NCc1ccccc1)N1CCC(OCCCOC)CC1. The van der Waals surface area contributed by atoms with Crippen molar-refractivity contribution in [2.45, 2.75) is 31.9 Å². The normalized spacial score (nSPS) is 16.2. The summed E-state index contributed by atoms with van der Waals surface area (Å²) in [7, 11) is 0.0617. The second-order valence-corrected chi connectivity index (χ2v) is 8.93. The molecule has 1 aliphatic heterocycles. The molecule has 1 aromatic rings. The van der Waals surface area contributed by atoms with E-state index in [0.717, 1.165) is 57.1 Å². The molecule has 0 amide bonds. The summed E-state index contributed by atoms with van der Waals surface area (Å²) >= 11 is 0. The Morgan fingerprint density at radius 3 is 2.59 bits per heavy atom. The van der Waals surface area contributed by atoms with Crippen LogP contribution in [0.25, 0.3) is 0 Å². The maximum absolute atomic E-state index is 12.2. The predicted octanol–water partition coefficient (Wildman–Crippen LogP) is 1.20. The molecule has 2 rings (SSSR count). The van der Waals surface area contributed by atoms with E-state index in [1.165, 1.54) is 0 Å². The van der Waals surface area contributed by atoms with Crippen LogP contribution in [0.15, 0.2) is 35.3 Å². The van der Waals surface area contributed by atoms with E-state index in [1.807, 2.05) is 30.3 Å². The zero-order valence-corrected chi connectivity index (χ0v) is 18.3. The van der Waals surface area contributed by atoms with Gasteiger partial charge in [-0.1, -0.05) is 30.3 Å². The fourth-order valence-corrected chi connectivity index (χ4v) is 4.08. The van der Waals surface area contributed by atoms with E-state index in [2.05, 4.69) is 19.9 Å². The Balaban J connectivity index is 1.67. The van der Waals surface area contributed by atoms with Crippen LogP contribution in [0.4, 0.5) is 0 Å². The van der Waals surface area contributed by atoms with Crippen LogP contribution in [0.1, 0.15) is 24.8 Å². The first kappa shape index (κ1) is 23.6. The van der Waals surface area contributed by atoms with Gasteiger partial charge in [-0.3, -0.25) is 4.99 Å². The molecule has 0 aromatic heterocycles. The quantitative estimate of drug-likeness (QED) is 0.314. The van der Waals surface area contributed by atoms with Gasteiger partial charge in [0.15, 0.2) is 5.96 Å². The molecule has 0 radical (unpaired) electrons. The first-order valence-electron chi connectivity index (χ1n) is 10.1. The molecule has 1 heterocycles. The van der Waals surface area contributed by atoms with Gasteiger partial charge in [-0.2, -0.15) is 0 Å². The predicted molar refractivity (Wildman–Crippen MR) is 115 cm³/mol. The van der Waals surface area contributed by atoms with Gasteiger partial charge in [0.25, 0.3) is 0 Å². The van der Waals surface area contributed by atoms with Crippen LogP contribution in [0.2, 0.25) is 0 Å². The third kappa shape index (κ3) is 9.12. The molecule has 0 unspecified atom stereocenters. The van der Waals surface area contributed by atoms with E-state index < -0.39 is 10.0 Å². The Kier molecular flexibility index (Phi) is 10.4. The molecule has 2 N–H and O–H groups in total. The van der Waals surface area contributed by atoms with Gasteiger partial charge in [0.2, 0.25) is 10.0 Å². The van der Waals surface area contributed by atoms with Crippen molar-refractivity contribution in [1.82, 2.24) is 14.9 Å². The summed E-state index contributed by atoms with van der Waals surface area (Å²) in [5.74, 6) is 0.735. The highest BCUT2D eigenvalue weighted by Crippen LogP contribution is 2.14. The third-order valence-electron chi connectivity index (χ3n) is 4.79. The highest BCUT2D eigenvalue weighted by atomic mass is 32.2. The Labute approximate surface area is 174 Å². The van der Waals surface area contributed by atoms with Crippen molar-refractivity contribution in [2.75, 3.05) is 52.8 Å². The Bertz CT molecular complexity index is 704.